The summed E-state index contributed by atoms with van der Waals surface area (Å²) in [5.74, 6) is 0. The van der Waals surface area contributed by atoms with E-state index < -0.39 is 0 Å². The highest BCUT2D eigenvalue weighted by Crippen LogP contribution is 2.04. The molecular formula is C4H9ClS3. The molecule has 0 rings (SSSR count). The molecule has 0 aromatic heterocycles. The van der Waals surface area contributed by atoms with Crippen molar-refractivity contribution >= 4 is 39.4 Å². The summed E-state index contributed by atoms with van der Waals surface area (Å²) in [6.07, 6.45) is 1.12. The fraction of sp³-hybridized carbons (Fsp3) is 1.00. The highest BCUT2D eigenvalue weighted by molar-refractivity contribution is 8.56. The lowest BCUT2D eigenvalue weighted by molar-refractivity contribution is 0.909. The SMILES string of the molecule is CCC(C)S(Cl)=S=S. The monoisotopic (exact) mass is 188 g/mol. The molecule has 2 atom stereocenters. The molecule has 0 saturated carbocycles. The van der Waals surface area contributed by atoms with Crippen molar-refractivity contribution in [2.45, 2.75) is 25.5 Å². The van der Waals surface area contributed by atoms with E-state index in [-0.39, 0.29) is 8.67 Å². The van der Waals surface area contributed by atoms with Gasteiger partial charge in [-0.3, -0.25) is 0 Å². The van der Waals surface area contributed by atoms with E-state index in [2.05, 4.69) is 13.8 Å². The second-order valence-corrected chi connectivity index (χ2v) is 7.23. The lowest BCUT2D eigenvalue weighted by Gasteiger charge is -2.01. The quantitative estimate of drug-likeness (QED) is 0.598. The topological polar surface area (TPSA) is 0 Å². The van der Waals surface area contributed by atoms with Crippen molar-refractivity contribution in [1.82, 2.24) is 0 Å². The third-order valence-electron chi connectivity index (χ3n) is 0.956. The predicted octanol–water partition coefficient (Wildman–Crippen LogP) is 2.02. The average Bonchev–Trinajstić information content (AvgIpc) is 1.84. The van der Waals surface area contributed by atoms with Crippen molar-refractivity contribution in [3.8, 4) is 0 Å². The van der Waals surface area contributed by atoms with Gasteiger partial charge in [-0.05, 0) is 45.8 Å². The number of rotatable bonds is 2. The molecule has 0 aliphatic carbocycles. The van der Waals surface area contributed by atoms with Crippen LogP contribution in [0.1, 0.15) is 20.3 Å². The van der Waals surface area contributed by atoms with Crippen LogP contribution in [0.2, 0.25) is 0 Å². The van der Waals surface area contributed by atoms with E-state index in [9.17, 15) is 0 Å². The zero-order valence-corrected chi connectivity index (χ0v) is 8.09. The van der Waals surface area contributed by atoms with Gasteiger partial charge in [0.15, 0.2) is 0 Å². The molecular weight excluding hydrogens is 180 g/mol. The summed E-state index contributed by atoms with van der Waals surface area (Å²) in [5.41, 5.74) is 0. The first kappa shape index (κ1) is 9.08. The molecule has 50 valence electrons. The molecule has 0 fully saturated rings. The van der Waals surface area contributed by atoms with Crippen LogP contribution in [0.5, 0.6) is 0 Å². The van der Waals surface area contributed by atoms with Gasteiger partial charge in [-0.1, -0.05) is 13.8 Å². The van der Waals surface area contributed by atoms with Gasteiger partial charge in [0.25, 0.3) is 0 Å². The van der Waals surface area contributed by atoms with Crippen LogP contribution in [0.4, 0.5) is 0 Å². The van der Waals surface area contributed by atoms with E-state index >= 15 is 0 Å². The van der Waals surface area contributed by atoms with Crippen LogP contribution < -0.4 is 0 Å². The first-order valence-corrected chi connectivity index (χ1v) is 6.79. The molecule has 0 bridgehead atoms. The molecule has 0 spiro atoms. The normalized spacial score (nSPS) is 17.4. The Balaban J connectivity index is 3.82. The van der Waals surface area contributed by atoms with Crippen molar-refractivity contribution < 1.29 is 0 Å². The van der Waals surface area contributed by atoms with Gasteiger partial charge >= 0.3 is 0 Å². The standard InChI is InChI=1S/C4H9ClS3/c1-3-4(2)8(5)7-6/h4H,3H2,1-2H3. The van der Waals surface area contributed by atoms with Crippen molar-refractivity contribution in [3.63, 3.8) is 0 Å². The largest absolute Gasteiger partial charge is 0.0643 e. The lowest BCUT2D eigenvalue weighted by atomic mass is 10.4. The molecule has 2 unspecified atom stereocenters. The van der Waals surface area contributed by atoms with Gasteiger partial charge in [0.05, 0.1) is 0 Å². The summed E-state index contributed by atoms with van der Waals surface area (Å²) >= 11 is 4.71. The Labute approximate surface area is 64.9 Å². The van der Waals surface area contributed by atoms with Crippen LogP contribution in [-0.2, 0) is 28.7 Å². The van der Waals surface area contributed by atoms with Gasteiger partial charge in [0, 0.05) is 5.25 Å². The molecule has 0 N–H and O–H groups in total. The number of hydrogen-bond acceptors (Lipinski definition) is 1. The van der Waals surface area contributed by atoms with E-state index in [1.54, 1.807) is 0 Å². The third-order valence-corrected chi connectivity index (χ3v) is 6.90. The summed E-state index contributed by atoms with van der Waals surface area (Å²) in [5, 5.41) is 0.569. The molecule has 0 radical (unpaired) electrons. The first-order valence-electron chi connectivity index (χ1n) is 2.42. The van der Waals surface area contributed by atoms with Crippen LogP contribution in [0.3, 0.4) is 0 Å². The van der Waals surface area contributed by atoms with Crippen molar-refractivity contribution in [2.75, 3.05) is 0 Å². The number of hydrogen-bond donors (Lipinski definition) is 0. The minimum Gasteiger partial charge on any atom is -0.0643 e. The van der Waals surface area contributed by atoms with E-state index in [1.807, 2.05) is 0 Å². The third kappa shape index (κ3) is 3.17. The molecule has 0 nitrogen and oxygen atoms in total. The summed E-state index contributed by atoms with van der Waals surface area (Å²) in [4.78, 5) is 0. The Morgan fingerprint density at radius 2 is 2.38 bits per heavy atom. The summed E-state index contributed by atoms with van der Waals surface area (Å²) in [6, 6.07) is 0. The average molecular weight is 189 g/mol. The van der Waals surface area contributed by atoms with Crippen molar-refractivity contribution in [3.05, 3.63) is 0 Å². The maximum atomic E-state index is 5.80. The minimum atomic E-state index is -0.118. The molecule has 0 aromatic rings. The summed E-state index contributed by atoms with van der Waals surface area (Å²) in [6.45, 7) is 4.24. The van der Waals surface area contributed by atoms with Crippen LogP contribution in [0.25, 0.3) is 0 Å². The molecule has 0 aliphatic rings. The molecule has 0 saturated heterocycles. The molecule has 0 heterocycles. The zero-order valence-electron chi connectivity index (χ0n) is 4.89. The second-order valence-electron chi connectivity index (χ2n) is 1.54. The van der Waals surface area contributed by atoms with Crippen LogP contribution in [-0.4, -0.2) is 5.25 Å². The highest BCUT2D eigenvalue weighted by Gasteiger charge is 1.98. The second kappa shape index (κ2) is 4.91. The molecule has 0 aromatic carbocycles. The zero-order chi connectivity index (χ0) is 6.57. The van der Waals surface area contributed by atoms with Crippen LogP contribution in [0.15, 0.2) is 0 Å². The predicted molar refractivity (Wildman–Crippen MR) is 47.7 cm³/mol. The smallest absolute Gasteiger partial charge is 0.0205 e. The minimum absolute atomic E-state index is 0.118. The maximum Gasteiger partial charge on any atom is 0.0205 e. The Kier molecular flexibility index (Phi) is 5.58. The van der Waals surface area contributed by atoms with Gasteiger partial charge < -0.3 is 0 Å². The fourth-order valence-corrected chi connectivity index (χ4v) is 2.99. The molecule has 0 amide bonds. The van der Waals surface area contributed by atoms with Crippen molar-refractivity contribution in [1.29, 1.82) is 0 Å². The Bertz CT molecular complexity index is 116. The highest BCUT2D eigenvalue weighted by atomic mass is 35.7. The maximum absolute atomic E-state index is 5.80. The van der Waals surface area contributed by atoms with Gasteiger partial charge in [0.1, 0.15) is 0 Å². The van der Waals surface area contributed by atoms with Gasteiger partial charge in [-0.25, -0.2) is 0 Å². The van der Waals surface area contributed by atoms with Crippen LogP contribution >= 0.6 is 10.7 Å². The van der Waals surface area contributed by atoms with E-state index in [0.29, 0.717) is 5.25 Å². The number of halogens is 1. The van der Waals surface area contributed by atoms with E-state index in [1.165, 1.54) is 8.88 Å². The van der Waals surface area contributed by atoms with E-state index in [4.69, 9.17) is 21.9 Å². The van der Waals surface area contributed by atoms with Gasteiger partial charge in [0.2, 0.25) is 0 Å². The summed E-state index contributed by atoms with van der Waals surface area (Å²) < 4.78 is 0. The molecule has 8 heavy (non-hydrogen) atoms. The molecule has 4 heteroatoms. The van der Waals surface area contributed by atoms with Gasteiger partial charge in [-0.2, -0.15) is 0 Å². The Morgan fingerprint density at radius 1 is 1.88 bits per heavy atom. The fourth-order valence-electron chi connectivity index (χ4n) is 0.198. The molecule has 0 aliphatic heterocycles. The summed E-state index contributed by atoms with van der Waals surface area (Å²) in [7, 11) is 7.02. The van der Waals surface area contributed by atoms with Crippen molar-refractivity contribution in [2.24, 2.45) is 0 Å². The van der Waals surface area contributed by atoms with Gasteiger partial charge in [-0.15, -0.1) is 0 Å². The lowest BCUT2D eigenvalue weighted by Crippen LogP contribution is -2.00. The van der Waals surface area contributed by atoms with Crippen LogP contribution in [0, 0.1) is 0 Å². The van der Waals surface area contributed by atoms with E-state index in [0.717, 1.165) is 6.42 Å². The Morgan fingerprint density at radius 3 is 2.50 bits per heavy atom. The Hall–Kier alpha value is 1.08. The first-order chi connectivity index (χ1) is 3.72.